The topological polar surface area (TPSA) is 57.5 Å². The van der Waals surface area contributed by atoms with Gasteiger partial charge in [-0.2, -0.15) is 0 Å². The molecule has 0 amide bonds. The second-order valence-corrected chi connectivity index (χ2v) is 4.61. The maximum Gasteiger partial charge on any atom is 0.188 e. The Labute approximate surface area is 104 Å². The third kappa shape index (κ3) is 2.62. The highest BCUT2D eigenvalue weighted by molar-refractivity contribution is 7.17. The highest BCUT2D eigenvalue weighted by Gasteiger charge is 2.10. The summed E-state index contributed by atoms with van der Waals surface area (Å²) in [5.74, 6) is 0. The van der Waals surface area contributed by atoms with Crippen LogP contribution in [-0.4, -0.2) is 15.9 Å². The minimum atomic E-state index is 0.584. The van der Waals surface area contributed by atoms with Crippen LogP contribution in [0.1, 0.15) is 17.5 Å². The van der Waals surface area contributed by atoms with Crippen molar-refractivity contribution < 1.29 is 5.21 Å². The molecule has 1 aromatic heterocycles. The summed E-state index contributed by atoms with van der Waals surface area (Å²) >= 11 is 1.47. The molecule has 2 N–H and O–H groups in total. The Morgan fingerprint density at radius 1 is 1.35 bits per heavy atom. The highest BCUT2D eigenvalue weighted by atomic mass is 32.1. The molecule has 0 saturated carbocycles. The average Bonchev–Trinajstić information content (AvgIpc) is 2.70. The van der Waals surface area contributed by atoms with Crippen molar-refractivity contribution in [2.45, 2.75) is 13.8 Å². The zero-order valence-electron chi connectivity index (χ0n) is 9.64. The number of hydrogen-bond donors (Lipinski definition) is 2. The first-order valence-corrected chi connectivity index (χ1v) is 6.01. The number of benzene rings is 1. The van der Waals surface area contributed by atoms with Crippen molar-refractivity contribution in [3.63, 3.8) is 0 Å². The molecule has 0 aliphatic heterocycles. The van der Waals surface area contributed by atoms with Crippen LogP contribution in [0, 0.1) is 6.92 Å². The van der Waals surface area contributed by atoms with E-state index in [0.29, 0.717) is 5.71 Å². The first-order chi connectivity index (χ1) is 8.20. The first kappa shape index (κ1) is 11.6. The number of para-hydroxylation sites is 1. The van der Waals surface area contributed by atoms with Gasteiger partial charge in [0.15, 0.2) is 5.13 Å². The predicted octanol–water partition coefficient (Wildman–Crippen LogP) is 3.39. The maximum atomic E-state index is 8.76. The zero-order chi connectivity index (χ0) is 12.3. The second kappa shape index (κ2) is 4.97. The predicted molar refractivity (Wildman–Crippen MR) is 70.6 cm³/mol. The summed E-state index contributed by atoms with van der Waals surface area (Å²) in [6.45, 7) is 3.66. The minimum Gasteiger partial charge on any atom is -0.411 e. The first-order valence-electron chi connectivity index (χ1n) is 5.19. The van der Waals surface area contributed by atoms with E-state index in [1.54, 1.807) is 6.92 Å². The summed E-state index contributed by atoms with van der Waals surface area (Å²) < 4.78 is 0. The Hall–Kier alpha value is -1.88. The van der Waals surface area contributed by atoms with Gasteiger partial charge in [-0.15, -0.1) is 0 Å². The van der Waals surface area contributed by atoms with Gasteiger partial charge in [0, 0.05) is 5.69 Å². The monoisotopic (exact) mass is 247 g/mol. The van der Waals surface area contributed by atoms with Crippen molar-refractivity contribution in [2.75, 3.05) is 5.32 Å². The van der Waals surface area contributed by atoms with Crippen molar-refractivity contribution >= 4 is 27.9 Å². The molecule has 2 rings (SSSR count). The zero-order valence-corrected chi connectivity index (χ0v) is 10.5. The Kier molecular flexibility index (Phi) is 3.39. The number of rotatable bonds is 3. The largest absolute Gasteiger partial charge is 0.411 e. The van der Waals surface area contributed by atoms with Gasteiger partial charge in [0.1, 0.15) is 0 Å². The fraction of sp³-hybridized carbons (Fsp3) is 0.167. The molecule has 0 spiro atoms. The Morgan fingerprint density at radius 3 is 2.71 bits per heavy atom. The lowest BCUT2D eigenvalue weighted by Gasteiger charge is -2.00. The van der Waals surface area contributed by atoms with Crippen LogP contribution in [0.15, 0.2) is 35.5 Å². The summed E-state index contributed by atoms with van der Waals surface area (Å²) in [5, 5.41) is 16.0. The van der Waals surface area contributed by atoms with E-state index in [1.807, 2.05) is 37.3 Å². The van der Waals surface area contributed by atoms with Gasteiger partial charge in [0.05, 0.1) is 16.3 Å². The number of nitrogens with zero attached hydrogens (tertiary/aromatic N) is 2. The molecule has 17 heavy (non-hydrogen) atoms. The molecule has 2 aromatic rings. The Bertz CT molecular complexity index is 534. The lowest BCUT2D eigenvalue weighted by molar-refractivity contribution is 0.319. The summed E-state index contributed by atoms with van der Waals surface area (Å²) in [5.41, 5.74) is 2.44. The number of nitrogens with one attached hydrogen (secondary N) is 1. The van der Waals surface area contributed by atoms with Crippen molar-refractivity contribution in [3.05, 3.63) is 40.9 Å². The lowest BCUT2D eigenvalue weighted by atomic mass is 10.3. The molecular weight excluding hydrogens is 234 g/mol. The minimum absolute atomic E-state index is 0.584. The average molecular weight is 247 g/mol. The van der Waals surface area contributed by atoms with Crippen molar-refractivity contribution in [2.24, 2.45) is 5.16 Å². The summed E-state index contributed by atoms with van der Waals surface area (Å²) in [7, 11) is 0. The van der Waals surface area contributed by atoms with Crippen LogP contribution in [0.5, 0.6) is 0 Å². The Morgan fingerprint density at radius 2 is 2.06 bits per heavy atom. The van der Waals surface area contributed by atoms with E-state index in [4.69, 9.17) is 5.21 Å². The smallest absolute Gasteiger partial charge is 0.188 e. The van der Waals surface area contributed by atoms with Crippen LogP contribution in [0.2, 0.25) is 0 Å². The van der Waals surface area contributed by atoms with Crippen LogP contribution in [0.3, 0.4) is 0 Å². The molecule has 0 fully saturated rings. The van der Waals surface area contributed by atoms with Gasteiger partial charge in [0.2, 0.25) is 0 Å². The van der Waals surface area contributed by atoms with Gasteiger partial charge in [-0.25, -0.2) is 4.98 Å². The van der Waals surface area contributed by atoms with Gasteiger partial charge in [-0.1, -0.05) is 34.7 Å². The van der Waals surface area contributed by atoms with Crippen LogP contribution in [0.25, 0.3) is 0 Å². The number of thiazole rings is 1. The molecule has 1 heterocycles. The third-order valence-corrected chi connectivity index (χ3v) is 3.48. The van der Waals surface area contributed by atoms with Crippen LogP contribution in [-0.2, 0) is 0 Å². The van der Waals surface area contributed by atoms with Crippen molar-refractivity contribution in [1.82, 2.24) is 4.98 Å². The molecule has 0 saturated heterocycles. The molecule has 0 unspecified atom stereocenters. The molecule has 0 radical (unpaired) electrons. The van der Waals surface area contributed by atoms with Crippen molar-refractivity contribution in [3.8, 4) is 0 Å². The van der Waals surface area contributed by atoms with Gasteiger partial charge in [-0.3, -0.25) is 0 Å². The van der Waals surface area contributed by atoms with E-state index >= 15 is 0 Å². The molecule has 0 aliphatic carbocycles. The van der Waals surface area contributed by atoms with Gasteiger partial charge >= 0.3 is 0 Å². The van der Waals surface area contributed by atoms with Gasteiger partial charge < -0.3 is 10.5 Å². The molecule has 0 aliphatic rings. The fourth-order valence-corrected chi connectivity index (χ4v) is 2.40. The molecule has 5 heteroatoms. The molecule has 88 valence electrons. The van der Waals surface area contributed by atoms with Crippen LogP contribution < -0.4 is 5.32 Å². The number of oxime groups is 1. The number of aryl methyl sites for hydroxylation is 1. The second-order valence-electron chi connectivity index (χ2n) is 3.61. The van der Waals surface area contributed by atoms with E-state index in [-0.39, 0.29) is 0 Å². The lowest BCUT2D eigenvalue weighted by Crippen LogP contribution is -1.92. The highest BCUT2D eigenvalue weighted by Crippen LogP contribution is 2.26. The summed E-state index contributed by atoms with van der Waals surface area (Å²) in [6, 6.07) is 9.84. The molecule has 1 aromatic carbocycles. The van der Waals surface area contributed by atoms with Crippen LogP contribution in [0.4, 0.5) is 10.8 Å². The van der Waals surface area contributed by atoms with Gasteiger partial charge in [0.25, 0.3) is 0 Å². The number of hydrogen-bond acceptors (Lipinski definition) is 5. The summed E-state index contributed by atoms with van der Waals surface area (Å²) in [4.78, 5) is 5.28. The van der Waals surface area contributed by atoms with E-state index in [2.05, 4.69) is 15.5 Å². The molecule has 4 nitrogen and oxygen atoms in total. The third-order valence-electron chi connectivity index (χ3n) is 2.30. The summed E-state index contributed by atoms with van der Waals surface area (Å²) in [6.07, 6.45) is 0. The fourth-order valence-electron chi connectivity index (χ4n) is 1.48. The number of aromatic nitrogens is 1. The van der Waals surface area contributed by atoms with Gasteiger partial charge in [-0.05, 0) is 26.0 Å². The number of anilines is 2. The van der Waals surface area contributed by atoms with E-state index in [9.17, 15) is 0 Å². The molecular formula is C12H13N3OS. The van der Waals surface area contributed by atoms with Crippen LogP contribution >= 0.6 is 11.3 Å². The molecule has 0 bridgehead atoms. The SMILES string of the molecule is CC(=NO)c1sc(Nc2ccccc2)nc1C. The standard InChI is InChI=1S/C12H13N3OS/c1-8-11(9(2)15-16)17-12(13-8)14-10-6-4-3-5-7-10/h3-7,16H,1-2H3,(H,13,14). The van der Waals surface area contributed by atoms with E-state index in [1.165, 1.54) is 11.3 Å². The molecule has 0 atom stereocenters. The van der Waals surface area contributed by atoms with Crippen molar-refractivity contribution in [1.29, 1.82) is 0 Å². The normalized spacial score (nSPS) is 11.5. The van der Waals surface area contributed by atoms with E-state index < -0.39 is 0 Å². The maximum absolute atomic E-state index is 8.76. The Balaban J connectivity index is 2.24. The quantitative estimate of drug-likeness (QED) is 0.496. The van der Waals surface area contributed by atoms with E-state index in [0.717, 1.165) is 21.4 Å².